The van der Waals surface area contributed by atoms with Gasteiger partial charge in [-0.05, 0) is 40.8 Å². The summed E-state index contributed by atoms with van der Waals surface area (Å²) in [6, 6.07) is 17.9. The molecule has 31 heavy (non-hydrogen) atoms. The van der Waals surface area contributed by atoms with E-state index in [1.165, 1.54) is 9.78 Å². The zero-order chi connectivity index (χ0) is 21.4. The molecule has 1 atom stereocenters. The highest BCUT2D eigenvalue weighted by Gasteiger charge is 2.49. The minimum absolute atomic E-state index is 0.186. The number of thiophene rings is 1. The number of urea groups is 1. The van der Waals surface area contributed by atoms with E-state index in [2.05, 4.69) is 32.6 Å². The topological polar surface area (TPSA) is 55.9 Å². The number of hydrogen-bond acceptors (Lipinski definition) is 5. The molecule has 2 aliphatic heterocycles. The number of fused-ring (bicyclic) bond motifs is 1. The van der Waals surface area contributed by atoms with Crippen molar-refractivity contribution in [1.29, 1.82) is 0 Å². The third kappa shape index (κ3) is 3.84. The van der Waals surface area contributed by atoms with E-state index in [0.717, 1.165) is 49.1 Å². The number of piperazine rings is 1. The molecule has 3 amide bonds. The van der Waals surface area contributed by atoms with Gasteiger partial charge in [0.15, 0.2) is 0 Å². The molecule has 7 heteroatoms. The number of nitrogens with one attached hydrogen (secondary N) is 1. The van der Waals surface area contributed by atoms with Crippen LogP contribution in [0, 0.1) is 0 Å². The Bertz CT molecular complexity index is 1110. The lowest BCUT2D eigenvalue weighted by Crippen LogP contribution is -2.51. The predicted molar refractivity (Wildman–Crippen MR) is 123 cm³/mol. The summed E-state index contributed by atoms with van der Waals surface area (Å²) in [6.45, 7) is 6.66. The molecule has 2 fully saturated rings. The highest BCUT2D eigenvalue weighted by Crippen LogP contribution is 2.31. The minimum Gasteiger partial charge on any atom is -0.319 e. The minimum atomic E-state index is -1.04. The molecule has 160 valence electrons. The van der Waals surface area contributed by atoms with Crippen LogP contribution < -0.4 is 5.32 Å². The maximum absolute atomic E-state index is 13.3. The lowest BCUT2D eigenvalue weighted by Gasteiger charge is -2.35. The van der Waals surface area contributed by atoms with Gasteiger partial charge in [0.1, 0.15) is 5.54 Å². The van der Waals surface area contributed by atoms with Gasteiger partial charge < -0.3 is 5.32 Å². The van der Waals surface area contributed by atoms with Gasteiger partial charge in [0.05, 0.1) is 6.67 Å². The Morgan fingerprint density at radius 3 is 2.42 bits per heavy atom. The lowest BCUT2D eigenvalue weighted by atomic mass is 9.90. The molecule has 1 aromatic heterocycles. The van der Waals surface area contributed by atoms with Crippen molar-refractivity contribution in [3.05, 3.63) is 70.4 Å². The van der Waals surface area contributed by atoms with Crippen molar-refractivity contribution in [2.45, 2.75) is 19.0 Å². The summed E-state index contributed by atoms with van der Waals surface area (Å²) in [7, 11) is 0. The van der Waals surface area contributed by atoms with Crippen LogP contribution in [0.3, 0.4) is 0 Å². The number of carbonyl (C=O) groups excluding carboxylic acids is 2. The van der Waals surface area contributed by atoms with Crippen molar-refractivity contribution in [3.63, 3.8) is 0 Å². The molecule has 3 aromatic rings. The first kappa shape index (κ1) is 20.2. The van der Waals surface area contributed by atoms with Crippen LogP contribution in [0.2, 0.25) is 0 Å². The molecule has 0 bridgehead atoms. The quantitative estimate of drug-likeness (QED) is 0.625. The maximum Gasteiger partial charge on any atom is 0.326 e. The van der Waals surface area contributed by atoms with Gasteiger partial charge in [-0.25, -0.2) is 9.69 Å². The van der Waals surface area contributed by atoms with E-state index in [0.29, 0.717) is 6.67 Å². The van der Waals surface area contributed by atoms with Crippen molar-refractivity contribution >= 4 is 34.0 Å². The Morgan fingerprint density at radius 2 is 1.68 bits per heavy atom. The van der Waals surface area contributed by atoms with Gasteiger partial charge in [-0.2, -0.15) is 0 Å². The summed E-state index contributed by atoms with van der Waals surface area (Å²) in [6.07, 6.45) is 0. The van der Waals surface area contributed by atoms with E-state index < -0.39 is 5.54 Å². The first-order chi connectivity index (χ1) is 15.0. The Balaban J connectivity index is 1.26. The van der Waals surface area contributed by atoms with Crippen molar-refractivity contribution in [2.75, 3.05) is 32.8 Å². The summed E-state index contributed by atoms with van der Waals surface area (Å²) in [4.78, 5) is 33.4. The van der Waals surface area contributed by atoms with E-state index in [1.807, 2.05) is 42.5 Å². The molecule has 6 nitrogen and oxygen atoms in total. The maximum atomic E-state index is 13.3. The molecular formula is C24H26N4O2S. The van der Waals surface area contributed by atoms with Gasteiger partial charge in [-0.15, -0.1) is 11.3 Å². The predicted octanol–water partition coefficient (Wildman–Crippen LogP) is 3.44. The van der Waals surface area contributed by atoms with E-state index >= 15 is 0 Å². The second kappa shape index (κ2) is 8.07. The molecule has 1 N–H and O–H groups in total. The number of hydrogen-bond donors (Lipinski definition) is 1. The van der Waals surface area contributed by atoms with Crippen molar-refractivity contribution in [1.82, 2.24) is 20.0 Å². The zero-order valence-electron chi connectivity index (χ0n) is 17.6. The molecule has 2 saturated heterocycles. The van der Waals surface area contributed by atoms with Gasteiger partial charge in [0.25, 0.3) is 5.91 Å². The van der Waals surface area contributed by atoms with Crippen LogP contribution in [-0.2, 0) is 16.9 Å². The van der Waals surface area contributed by atoms with E-state index in [-0.39, 0.29) is 11.9 Å². The fraction of sp³-hybridized carbons (Fsp3) is 0.333. The monoisotopic (exact) mass is 434 g/mol. The largest absolute Gasteiger partial charge is 0.326 e. The first-order valence-electron chi connectivity index (χ1n) is 10.6. The Kier molecular flexibility index (Phi) is 5.25. The first-order valence-corrected chi connectivity index (χ1v) is 11.5. The van der Waals surface area contributed by atoms with Gasteiger partial charge in [-0.3, -0.25) is 14.6 Å². The fourth-order valence-corrected chi connectivity index (χ4v) is 5.18. The Hall–Kier alpha value is -2.74. The number of benzene rings is 2. The molecular weight excluding hydrogens is 408 g/mol. The smallest absolute Gasteiger partial charge is 0.319 e. The molecule has 5 rings (SSSR count). The summed E-state index contributed by atoms with van der Waals surface area (Å²) in [5.74, 6) is -0.186. The van der Waals surface area contributed by atoms with Crippen LogP contribution in [0.5, 0.6) is 0 Å². The summed E-state index contributed by atoms with van der Waals surface area (Å²) in [5.41, 5.74) is -0.227. The molecule has 3 heterocycles. The molecule has 0 spiro atoms. The Labute approximate surface area is 186 Å². The number of rotatable bonds is 5. The summed E-state index contributed by atoms with van der Waals surface area (Å²) < 4.78 is 0. The molecule has 2 aromatic carbocycles. The molecule has 0 saturated carbocycles. The van der Waals surface area contributed by atoms with Gasteiger partial charge in [0.2, 0.25) is 0 Å². The zero-order valence-corrected chi connectivity index (χ0v) is 18.4. The normalized spacial score (nSPS) is 22.9. The van der Waals surface area contributed by atoms with E-state index in [9.17, 15) is 9.59 Å². The van der Waals surface area contributed by atoms with Crippen LogP contribution in [-0.4, -0.2) is 59.5 Å². The summed E-state index contributed by atoms with van der Waals surface area (Å²) in [5, 5.41) is 7.22. The van der Waals surface area contributed by atoms with Crippen LogP contribution in [0.25, 0.3) is 10.8 Å². The SMILES string of the molecule is C[C@]1(c2ccc3ccccc3c2)NC(=O)N(CN2CCN(Cc3cccs3)CC2)C1=O. The molecule has 0 unspecified atom stereocenters. The van der Waals surface area contributed by atoms with Gasteiger partial charge in [-0.1, -0.05) is 42.5 Å². The van der Waals surface area contributed by atoms with Crippen molar-refractivity contribution in [2.24, 2.45) is 0 Å². The second-order valence-electron chi connectivity index (χ2n) is 8.47. The highest BCUT2D eigenvalue weighted by molar-refractivity contribution is 7.09. The van der Waals surface area contributed by atoms with Gasteiger partial charge in [0, 0.05) is 37.6 Å². The standard InChI is InChI=1S/C24H26N4O2S/c1-24(20-9-8-18-5-2-3-6-19(18)15-20)22(29)28(23(30)25-24)17-27-12-10-26(11-13-27)16-21-7-4-14-31-21/h2-9,14-15H,10-13,16-17H2,1H3,(H,25,30)/t24-/m1/s1. The number of carbonyl (C=O) groups is 2. The van der Waals surface area contributed by atoms with E-state index in [4.69, 9.17) is 0 Å². The summed E-state index contributed by atoms with van der Waals surface area (Å²) >= 11 is 1.78. The molecule has 2 aliphatic rings. The van der Waals surface area contributed by atoms with Crippen molar-refractivity contribution in [3.8, 4) is 0 Å². The third-order valence-corrected chi connectivity index (χ3v) is 7.23. The highest BCUT2D eigenvalue weighted by atomic mass is 32.1. The average molecular weight is 435 g/mol. The van der Waals surface area contributed by atoms with Crippen LogP contribution in [0.1, 0.15) is 17.4 Å². The fourth-order valence-electron chi connectivity index (χ4n) is 4.43. The average Bonchev–Trinajstić information content (AvgIpc) is 3.37. The Morgan fingerprint density at radius 1 is 0.935 bits per heavy atom. The third-order valence-electron chi connectivity index (χ3n) is 6.37. The second-order valence-corrected chi connectivity index (χ2v) is 9.50. The number of amides is 3. The van der Waals surface area contributed by atoms with E-state index in [1.54, 1.807) is 18.3 Å². The van der Waals surface area contributed by atoms with Crippen LogP contribution in [0.4, 0.5) is 4.79 Å². The van der Waals surface area contributed by atoms with Crippen molar-refractivity contribution < 1.29 is 9.59 Å². The van der Waals surface area contributed by atoms with Gasteiger partial charge >= 0.3 is 6.03 Å². The number of nitrogens with zero attached hydrogens (tertiary/aromatic N) is 3. The molecule has 0 aliphatic carbocycles. The van der Waals surface area contributed by atoms with Crippen LogP contribution >= 0.6 is 11.3 Å². The van der Waals surface area contributed by atoms with Crippen LogP contribution in [0.15, 0.2) is 60.0 Å². The molecule has 0 radical (unpaired) electrons. The lowest BCUT2D eigenvalue weighted by molar-refractivity contribution is -0.132. The number of imide groups is 1.